The van der Waals surface area contributed by atoms with E-state index in [1.54, 1.807) is 29.5 Å². The summed E-state index contributed by atoms with van der Waals surface area (Å²) in [4.78, 5) is 12.1. The van der Waals surface area contributed by atoms with Crippen LogP contribution in [0.5, 0.6) is 0 Å². The smallest absolute Gasteiger partial charge is 0.166 e. The highest BCUT2D eigenvalue weighted by molar-refractivity contribution is 5.74. The van der Waals surface area contributed by atoms with Gasteiger partial charge in [0.2, 0.25) is 0 Å². The van der Waals surface area contributed by atoms with E-state index in [1.807, 2.05) is 12.1 Å². The van der Waals surface area contributed by atoms with Crippen LogP contribution in [-0.2, 0) is 0 Å². The van der Waals surface area contributed by atoms with Gasteiger partial charge in [-0.1, -0.05) is 0 Å². The predicted octanol–water partition coefficient (Wildman–Crippen LogP) is 1.21. The molecule has 0 bridgehead atoms. The maximum absolute atomic E-state index is 4.25. The number of pyridine rings is 1. The van der Waals surface area contributed by atoms with E-state index in [1.165, 1.54) is 6.33 Å². The van der Waals surface area contributed by atoms with Gasteiger partial charge in [0.05, 0.1) is 17.3 Å². The average molecular weight is 197 g/mol. The van der Waals surface area contributed by atoms with Crippen molar-refractivity contribution in [1.82, 2.24) is 24.7 Å². The topological polar surface area (TPSA) is 56.5 Å². The van der Waals surface area contributed by atoms with Gasteiger partial charge in [0, 0.05) is 18.6 Å². The van der Waals surface area contributed by atoms with Crippen molar-refractivity contribution < 1.29 is 0 Å². The number of aromatic nitrogens is 5. The maximum atomic E-state index is 4.25. The largest absolute Gasteiger partial charge is 0.265 e. The first kappa shape index (κ1) is 8.05. The highest BCUT2D eigenvalue weighted by atomic mass is 15.3. The standard InChI is InChI=1S/C10H7N5/c1-3-11-4-2-9(1)15-10-8(6-14-15)5-12-7-13-10/h1-7H. The van der Waals surface area contributed by atoms with Crippen molar-refractivity contribution >= 4 is 11.0 Å². The summed E-state index contributed by atoms with van der Waals surface area (Å²) in [5.41, 5.74) is 1.75. The zero-order valence-corrected chi connectivity index (χ0v) is 7.78. The molecule has 3 aromatic rings. The molecule has 0 amide bonds. The van der Waals surface area contributed by atoms with Gasteiger partial charge in [0.25, 0.3) is 0 Å². The fourth-order valence-electron chi connectivity index (χ4n) is 1.45. The van der Waals surface area contributed by atoms with Crippen LogP contribution in [0.1, 0.15) is 0 Å². The molecule has 0 atom stereocenters. The third kappa shape index (κ3) is 1.25. The van der Waals surface area contributed by atoms with Gasteiger partial charge in [-0.15, -0.1) is 0 Å². The van der Waals surface area contributed by atoms with Gasteiger partial charge in [0.15, 0.2) is 5.65 Å². The van der Waals surface area contributed by atoms with Crippen LogP contribution in [0.25, 0.3) is 16.7 Å². The number of fused-ring (bicyclic) bond motifs is 1. The van der Waals surface area contributed by atoms with E-state index in [0.717, 1.165) is 16.7 Å². The van der Waals surface area contributed by atoms with E-state index in [4.69, 9.17) is 0 Å². The lowest BCUT2D eigenvalue weighted by molar-refractivity contribution is 0.892. The van der Waals surface area contributed by atoms with E-state index in [2.05, 4.69) is 20.1 Å². The average Bonchev–Trinajstić information content (AvgIpc) is 2.74. The third-order valence-corrected chi connectivity index (χ3v) is 2.14. The summed E-state index contributed by atoms with van der Waals surface area (Å²) < 4.78 is 1.76. The molecule has 15 heavy (non-hydrogen) atoms. The molecular weight excluding hydrogens is 190 g/mol. The summed E-state index contributed by atoms with van der Waals surface area (Å²) in [5.74, 6) is 0. The second-order valence-corrected chi connectivity index (χ2v) is 3.06. The molecule has 0 N–H and O–H groups in total. The summed E-state index contributed by atoms with van der Waals surface area (Å²) in [6.45, 7) is 0. The molecule has 5 nitrogen and oxygen atoms in total. The van der Waals surface area contributed by atoms with Crippen LogP contribution < -0.4 is 0 Å². The molecular formula is C10H7N5. The molecule has 0 fully saturated rings. The minimum atomic E-state index is 0.802. The summed E-state index contributed by atoms with van der Waals surface area (Å²) in [6, 6.07) is 3.77. The van der Waals surface area contributed by atoms with Crippen LogP contribution in [0.3, 0.4) is 0 Å². The molecule has 0 unspecified atom stereocenters. The molecule has 0 aromatic carbocycles. The van der Waals surface area contributed by atoms with Gasteiger partial charge in [-0.3, -0.25) is 4.98 Å². The van der Waals surface area contributed by atoms with Gasteiger partial charge in [-0.25, -0.2) is 14.6 Å². The summed E-state index contributed by atoms with van der Waals surface area (Å²) in [5, 5.41) is 5.18. The molecule has 5 heteroatoms. The van der Waals surface area contributed by atoms with E-state index in [-0.39, 0.29) is 0 Å². The highest BCUT2D eigenvalue weighted by Crippen LogP contribution is 2.13. The molecule has 3 rings (SSSR count). The Bertz CT molecular complexity index is 587. The molecule has 3 heterocycles. The van der Waals surface area contributed by atoms with Crippen LogP contribution in [0.2, 0.25) is 0 Å². The minimum absolute atomic E-state index is 0.802. The van der Waals surface area contributed by atoms with Gasteiger partial charge in [-0.05, 0) is 12.1 Å². The van der Waals surface area contributed by atoms with Crippen molar-refractivity contribution in [3.05, 3.63) is 43.2 Å². The lowest BCUT2D eigenvalue weighted by atomic mass is 10.4. The van der Waals surface area contributed by atoms with Gasteiger partial charge in [0.1, 0.15) is 6.33 Å². The third-order valence-electron chi connectivity index (χ3n) is 2.14. The van der Waals surface area contributed by atoms with Crippen molar-refractivity contribution in [3.63, 3.8) is 0 Å². The Kier molecular flexibility index (Phi) is 1.68. The highest BCUT2D eigenvalue weighted by Gasteiger charge is 2.04. The lowest BCUT2D eigenvalue weighted by Gasteiger charge is -2.00. The summed E-state index contributed by atoms with van der Waals surface area (Å²) in [6.07, 6.45) is 8.46. The second-order valence-electron chi connectivity index (χ2n) is 3.06. The van der Waals surface area contributed by atoms with E-state index >= 15 is 0 Å². The zero-order valence-electron chi connectivity index (χ0n) is 7.78. The van der Waals surface area contributed by atoms with Crippen molar-refractivity contribution in [2.45, 2.75) is 0 Å². The number of hydrogen-bond acceptors (Lipinski definition) is 4. The molecule has 0 saturated heterocycles. The Hall–Kier alpha value is -2.30. The first-order valence-corrected chi connectivity index (χ1v) is 4.49. The Labute approximate surface area is 85.4 Å². The molecule has 0 spiro atoms. The van der Waals surface area contributed by atoms with Crippen LogP contribution in [-0.4, -0.2) is 24.7 Å². The Morgan fingerprint density at radius 2 is 1.87 bits per heavy atom. The van der Waals surface area contributed by atoms with Crippen LogP contribution >= 0.6 is 0 Å². The van der Waals surface area contributed by atoms with Crippen molar-refractivity contribution in [2.75, 3.05) is 0 Å². The van der Waals surface area contributed by atoms with Gasteiger partial charge >= 0.3 is 0 Å². The SMILES string of the molecule is c1cc(-n2ncc3cncnc32)ccn1. The van der Waals surface area contributed by atoms with E-state index in [0.29, 0.717) is 0 Å². The first-order chi connectivity index (χ1) is 7.45. The fraction of sp³-hybridized carbons (Fsp3) is 0. The number of rotatable bonds is 1. The Morgan fingerprint density at radius 3 is 2.73 bits per heavy atom. The molecule has 0 aliphatic carbocycles. The van der Waals surface area contributed by atoms with Crippen LogP contribution in [0, 0.1) is 0 Å². The second kappa shape index (κ2) is 3.13. The maximum Gasteiger partial charge on any atom is 0.166 e. The van der Waals surface area contributed by atoms with E-state index < -0.39 is 0 Å². The molecule has 0 aliphatic heterocycles. The van der Waals surface area contributed by atoms with Gasteiger partial charge < -0.3 is 0 Å². The van der Waals surface area contributed by atoms with Gasteiger partial charge in [-0.2, -0.15) is 5.10 Å². The molecule has 72 valence electrons. The Balaban J connectivity index is 2.28. The monoisotopic (exact) mass is 197 g/mol. The molecule has 3 aromatic heterocycles. The van der Waals surface area contributed by atoms with Crippen LogP contribution in [0.4, 0.5) is 0 Å². The lowest BCUT2D eigenvalue weighted by Crippen LogP contribution is -1.97. The fourth-order valence-corrected chi connectivity index (χ4v) is 1.45. The molecule has 0 aliphatic rings. The Morgan fingerprint density at radius 1 is 1.00 bits per heavy atom. The van der Waals surface area contributed by atoms with Crippen molar-refractivity contribution in [2.24, 2.45) is 0 Å². The predicted molar refractivity (Wildman–Crippen MR) is 54.5 cm³/mol. The first-order valence-electron chi connectivity index (χ1n) is 4.49. The zero-order chi connectivity index (χ0) is 10.1. The molecule has 0 saturated carbocycles. The molecule has 0 radical (unpaired) electrons. The van der Waals surface area contributed by atoms with Crippen LogP contribution in [0.15, 0.2) is 43.2 Å². The number of nitrogens with zero attached hydrogens (tertiary/aromatic N) is 5. The normalized spacial score (nSPS) is 10.7. The number of hydrogen-bond donors (Lipinski definition) is 0. The minimum Gasteiger partial charge on any atom is -0.265 e. The summed E-state index contributed by atoms with van der Waals surface area (Å²) >= 11 is 0. The van der Waals surface area contributed by atoms with Crippen molar-refractivity contribution in [1.29, 1.82) is 0 Å². The van der Waals surface area contributed by atoms with E-state index in [9.17, 15) is 0 Å². The quantitative estimate of drug-likeness (QED) is 0.588. The van der Waals surface area contributed by atoms with Crippen molar-refractivity contribution in [3.8, 4) is 5.69 Å². The summed E-state index contributed by atoms with van der Waals surface area (Å²) in [7, 11) is 0.